The molecule has 2 rings (SSSR count). The molecule has 2 aromatic rings. The minimum Gasteiger partial charge on any atom is -0.469 e. The summed E-state index contributed by atoms with van der Waals surface area (Å²) >= 11 is 0. The minimum absolute atomic E-state index is 0.212. The molecule has 18 heavy (non-hydrogen) atoms. The van der Waals surface area contributed by atoms with Gasteiger partial charge in [0.05, 0.1) is 13.5 Å². The van der Waals surface area contributed by atoms with E-state index in [-0.39, 0.29) is 5.97 Å². The largest absolute Gasteiger partial charge is 0.469 e. The highest BCUT2D eigenvalue weighted by Gasteiger charge is 2.05. The van der Waals surface area contributed by atoms with Gasteiger partial charge >= 0.3 is 5.97 Å². The summed E-state index contributed by atoms with van der Waals surface area (Å²) in [5.41, 5.74) is 4.48. The molecule has 0 fully saturated rings. The van der Waals surface area contributed by atoms with Crippen molar-refractivity contribution >= 4 is 5.97 Å². The lowest BCUT2D eigenvalue weighted by Crippen LogP contribution is -2.05. The average Bonchev–Trinajstić information content (AvgIpc) is 2.70. The molecular formula is C15H17NO2. The number of carbonyl (C=O) groups excluding carboxylic acids is 1. The van der Waals surface area contributed by atoms with Gasteiger partial charge in [-0.25, -0.2) is 0 Å². The third-order valence-corrected chi connectivity index (χ3v) is 3.04. The second kappa shape index (κ2) is 5.08. The maximum absolute atomic E-state index is 11.2. The Balaban J connectivity index is 2.25. The van der Waals surface area contributed by atoms with Crippen molar-refractivity contribution in [2.45, 2.75) is 20.3 Å². The van der Waals surface area contributed by atoms with Crippen LogP contribution in [-0.4, -0.2) is 17.6 Å². The highest BCUT2D eigenvalue weighted by molar-refractivity contribution is 5.72. The molecule has 0 amide bonds. The Hall–Kier alpha value is -2.03. The Kier molecular flexibility index (Phi) is 3.51. The molecule has 0 bridgehead atoms. The molecular weight excluding hydrogens is 226 g/mol. The zero-order valence-electron chi connectivity index (χ0n) is 10.9. The van der Waals surface area contributed by atoms with Gasteiger partial charge in [-0.15, -0.1) is 0 Å². The van der Waals surface area contributed by atoms with Crippen molar-refractivity contribution < 1.29 is 9.53 Å². The number of nitrogens with zero attached hydrogens (tertiary/aromatic N) is 1. The third-order valence-electron chi connectivity index (χ3n) is 3.04. The van der Waals surface area contributed by atoms with Crippen LogP contribution in [0.2, 0.25) is 0 Å². The van der Waals surface area contributed by atoms with Gasteiger partial charge in [0, 0.05) is 17.1 Å². The summed E-state index contributed by atoms with van der Waals surface area (Å²) in [6.45, 7) is 4.16. The standard InChI is InChI=1S/C15H17NO2/c1-11-4-5-12(2)16(11)14-8-6-13(7-9-14)10-15(17)18-3/h4-9H,10H2,1-3H3. The molecule has 0 saturated heterocycles. The molecule has 0 N–H and O–H groups in total. The number of aromatic nitrogens is 1. The number of hydrogen-bond donors (Lipinski definition) is 0. The molecule has 0 unspecified atom stereocenters. The van der Waals surface area contributed by atoms with Crippen molar-refractivity contribution in [2.24, 2.45) is 0 Å². The van der Waals surface area contributed by atoms with Crippen molar-refractivity contribution in [1.82, 2.24) is 4.57 Å². The van der Waals surface area contributed by atoms with Crippen LogP contribution in [0.3, 0.4) is 0 Å². The third kappa shape index (κ3) is 2.45. The van der Waals surface area contributed by atoms with Crippen molar-refractivity contribution in [3.05, 3.63) is 53.3 Å². The maximum Gasteiger partial charge on any atom is 0.309 e. The van der Waals surface area contributed by atoms with E-state index in [1.54, 1.807) is 0 Å². The molecule has 1 aromatic carbocycles. The molecule has 0 aliphatic rings. The van der Waals surface area contributed by atoms with Crippen LogP contribution in [0.1, 0.15) is 17.0 Å². The monoisotopic (exact) mass is 243 g/mol. The van der Waals surface area contributed by atoms with Crippen LogP contribution in [0.15, 0.2) is 36.4 Å². The number of benzene rings is 1. The second-order valence-corrected chi connectivity index (χ2v) is 4.37. The van der Waals surface area contributed by atoms with E-state index in [0.717, 1.165) is 11.3 Å². The predicted molar refractivity (Wildman–Crippen MR) is 71.0 cm³/mol. The fourth-order valence-corrected chi connectivity index (χ4v) is 2.08. The van der Waals surface area contributed by atoms with Gasteiger partial charge in [0.25, 0.3) is 0 Å². The molecule has 1 aromatic heterocycles. The maximum atomic E-state index is 11.2. The summed E-state index contributed by atoms with van der Waals surface area (Å²) in [6.07, 6.45) is 0.320. The molecule has 94 valence electrons. The molecule has 1 heterocycles. The van der Waals surface area contributed by atoms with Gasteiger partial charge < -0.3 is 9.30 Å². The van der Waals surface area contributed by atoms with Crippen molar-refractivity contribution in [3.8, 4) is 5.69 Å². The van der Waals surface area contributed by atoms with E-state index in [1.165, 1.54) is 18.5 Å². The molecule has 0 saturated carbocycles. The highest BCUT2D eigenvalue weighted by atomic mass is 16.5. The molecule has 0 aliphatic carbocycles. The Morgan fingerprint density at radius 2 is 1.61 bits per heavy atom. The van der Waals surface area contributed by atoms with Crippen LogP contribution in [0.4, 0.5) is 0 Å². The zero-order chi connectivity index (χ0) is 13.1. The van der Waals surface area contributed by atoms with Crippen LogP contribution < -0.4 is 0 Å². The lowest BCUT2D eigenvalue weighted by atomic mass is 10.1. The van der Waals surface area contributed by atoms with E-state index >= 15 is 0 Å². The van der Waals surface area contributed by atoms with Crippen LogP contribution in [0, 0.1) is 13.8 Å². The van der Waals surface area contributed by atoms with Gasteiger partial charge in [-0.1, -0.05) is 12.1 Å². The summed E-state index contributed by atoms with van der Waals surface area (Å²) in [5, 5.41) is 0. The molecule has 3 nitrogen and oxygen atoms in total. The smallest absolute Gasteiger partial charge is 0.309 e. The molecule has 3 heteroatoms. The number of ether oxygens (including phenoxy) is 1. The number of rotatable bonds is 3. The second-order valence-electron chi connectivity index (χ2n) is 4.37. The van der Waals surface area contributed by atoms with E-state index in [4.69, 9.17) is 0 Å². The SMILES string of the molecule is COC(=O)Cc1ccc(-n2c(C)ccc2C)cc1. The van der Waals surface area contributed by atoms with E-state index in [9.17, 15) is 4.79 Å². The summed E-state index contributed by atoms with van der Waals surface area (Å²) in [7, 11) is 1.41. The van der Waals surface area contributed by atoms with E-state index in [0.29, 0.717) is 6.42 Å². The normalized spacial score (nSPS) is 10.4. The summed E-state index contributed by atoms with van der Waals surface area (Å²) in [6, 6.07) is 12.2. The molecule has 0 aliphatic heterocycles. The lowest BCUT2D eigenvalue weighted by Gasteiger charge is -2.10. The van der Waals surface area contributed by atoms with Crippen LogP contribution >= 0.6 is 0 Å². The van der Waals surface area contributed by atoms with Gasteiger partial charge in [0.2, 0.25) is 0 Å². The first-order valence-electron chi connectivity index (χ1n) is 5.93. The van der Waals surface area contributed by atoms with E-state index < -0.39 is 0 Å². The summed E-state index contributed by atoms with van der Waals surface area (Å²) in [4.78, 5) is 11.2. The predicted octanol–water partition coefficient (Wildman–Crippen LogP) is 2.81. The number of hydrogen-bond acceptors (Lipinski definition) is 2. The number of carbonyl (C=O) groups is 1. The fourth-order valence-electron chi connectivity index (χ4n) is 2.08. The van der Waals surface area contributed by atoms with E-state index in [2.05, 4.69) is 35.3 Å². The number of esters is 1. The van der Waals surface area contributed by atoms with Gasteiger partial charge in [0.15, 0.2) is 0 Å². The first-order chi connectivity index (χ1) is 8.61. The van der Waals surface area contributed by atoms with Crippen molar-refractivity contribution in [3.63, 3.8) is 0 Å². The molecule has 0 spiro atoms. The minimum atomic E-state index is -0.212. The van der Waals surface area contributed by atoms with E-state index in [1.807, 2.05) is 24.3 Å². The first-order valence-corrected chi connectivity index (χ1v) is 5.93. The number of aryl methyl sites for hydroxylation is 2. The molecule has 0 atom stereocenters. The Labute approximate surface area is 107 Å². The first kappa shape index (κ1) is 12.4. The van der Waals surface area contributed by atoms with Crippen LogP contribution in [0.25, 0.3) is 5.69 Å². The average molecular weight is 243 g/mol. The van der Waals surface area contributed by atoms with Gasteiger partial charge in [0.1, 0.15) is 0 Å². The van der Waals surface area contributed by atoms with Gasteiger partial charge in [-0.3, -0.25) is 4.79 Å². The Morgan fingerprint density at radius 3 is 2.11 bits per heavy atom. The lowest BCUT2D eigenvalue weighted by molar-refractivity contribution is -0.139. The quantitative estimate of drug-likeness (QED) is 0.776. The van der Waals surface area contributed by atoms with Crippen molar-refractivity contribution in [1.29, 1.82) is 0 Å². The summed E-state index contributed by atoms with van der Waals surface area (Å²) < 4.78 is 6.83. The van der Waals surface area contributed by atoms with Crippen LogP contribution in [-0.2, 0) is 16.0 Å². The summed E-state index contributed by atoms with van der Waals surface area (Å²) in [5.74, 6) is -0.212. The topological polar surface area (TPSA) is 31.2 Å². The van der Waals surface area contributed by atoms with Crippen molar-refractivity contribution in [2.75, 3.05) is 7.11 Å². The van der Waals surface area contributed by atoms with Gasteiger partial charge in [-0.2, -0.15) is 0 Å². The van der Waals surface area contributed by atoms with Crippen LogP contribution in [0.5, 0.6) is 0 Å². The molecule has 0 radical (unpaired) electrons. The zero-order valence-corrected chi connectivity index (χ0v) is 10.9. The fraction of sp³-hybridized carbons (Fsp3) is 0.267. The highest BCUT2D eigenvalue weighted by Crippen LogP contribution is 2.17. The number of methoxy groups -OCH3 is 1. The van der Waals surface area contributed by atoms with Gasteiger partial charge in [-0.05, 0) is 43.7 Å². The Morgan fingerprint density at radius 1 is 1.06 bits per heavy atom. The Bertz CT molecular complexity index is 533.